The lowest BCUT2D eigenvalue weighted by Gasteiger charge is -2.45. The summed E-state index contributed by atoms with van der Waals surface area (Å²) in [7, 11) is 2.96. The second-order valence-corrected chi connectivity index (χ2v) is 8.03. The SMILES string of the molecule is C=CC1=CC[C@H]2C(=O)C(C)=CC(=O)[C@@]2(Br)[C@H]1c1c(OC)cc(O)cc1OC. The lowest BCUT2D eigenvalue weighted by molar-refractivity contribution is -0.128. The number of methoxy groups -OCH3 is 2. The molecule has 0 unspecified atom stereocenters. The summed E-state index contributed by atoms with van der Waals surface area (Å²) in [6.45, 7) is 5.55. The first-order valence-corrected chi connectivity index (χ1v) is 9.32. The molecule has 2 aliphatic carbocycles. The molecule has 0 radical (unpaired) electrons. The highest BCUT2D eigenvalue weighted by atomic mass is 79.9. The van der Waals surface area contributed by atoms with Crippen molar-refractivity contribution >= 4 is 27.5 Å². The lowest BCUT2D eigenvalue weighted by atomic mass is 9.62. The number of hydrogen-bond acceptors (Lipinski definition) is 5. The summed E-state index contributed by atoms with van der Waals surface area (Å²) in [4.78, 5) is 26.0. The van der Waals surface area contributed by atoms with Gasteiger partial charge in [0.05, 0.1) is 14.2 Å². The highest BCUT2D eigenvalue weighted by Crippen LogP contribution is 2.57. The molecule has 2 aliphatic rings. The zero-order chi connectivity index (χ0) is 19.9. The number of benzene rings is 1. The Morgan fingerprint density at radius 1 is 1.26 bits per heavy atom. The number of Topliss-reactive ketones (excluding diaryl/α,β-unsaturated/α-hetero) is 1. The summed E-state index contributed by atoms with van der Waals surface area (Å²) in [5.41, 5.74) is 1.83. The number of aromatic hydroxyl groups is 1. The third kappa shape index (κ3) is 2.83. The Bertz CT molecular complexity index is 873. The molecule has 1 N–H and O–H groups in total. The van der Waals surface area contributed by atoms with Gasteiger partial charge in [-0.2, -0.15) is 0 Å². The van der Waals surface area contributed by atoms with E-state index in [9.17, 15) is 14.7 Å². The first-order chi connectivity index (χ1) is 12.8. The summed E-state index contributed by atoms with van der Waals surface area (Å²) >= 11 is 3.66. The molecule has 0 saturated heterocycles. The van der Waals surface area contributed by atoms with Crippen molar-refractivity contribution in [3.05, 3.63) is 53.6 Å². The van der Waals surface area contributed by atoms with Crippen LogP contribution in [0, 0.1) is 5.92 Å². The molecule has 1 aromatic carbocycles. The van der Waals surface area contributed by atoms with Crippen LogP contribution in [0.1, 0.15) is 24.8 Å². The summed E-state index contributed by atoms with van der Waals surface area (Å²) in [6, 6.07) is 2.93. The van der Waals surface area contributed by atoms with E-state index in [4.69, 9.17) is 9.47 Å². The summed E-state index contributed by atoms with van der Waals surface area (Å²) in [5, 5.41) is 9.99. The van der Waals surface area contributed by atoms with Gasteiger partial charge in [0.2, 0.25) is 0 Å². The van der Waals surface area contributed by atoms with Crippen LogP contribution in [0.5, 0.6) is 17.2 Å². The van der Waals surface area contributed by atoms with Crippen molar-refractivity contribution < 1.29 is 24.2 Å². The van der Waals surface area contributed by atoms with Crippen LogP contribution in [0.3, 0.4) is 0 Å². The number of ether oxygens (including phenoxy) is 2. The minimum absolute atomic E-state index is 0.0191. The van der Waals surface area contributed by atoms with Gasteiger partial charge in [-0.1, -0.05) is 34.7 Å². The smallest absolute Gasteiger partial charge is 0.174 e. The Balaban J connectivity index is 2.34. The van der Waals surface area contributed by atoms with Gasteiger partial charge in [-0.15, -0.1) is 0 Å². The van der Waals surface area contributed by atoms with Crippen molar-refractivity contribution in [1.82, 2.24) is 0 Å². The second kappa shape index (κ2) is 7.00. The number of rotatable bonds is 4. The molecule has 0 bridgehead atoms. The van der Waals surface area contributed by atoms with Crippen molar-refractivity contribution in [3.63, 3.8) is 0 Å². The summed E-state index contributed by atoms with van der Waals surface area (Å²) < 4.78 is 9.80. The van der Waals surface area contributed by atoms with E-state index < -0.39 is 16.2 Å². The third-order valence-electron chi connectivity index (χ3n) is 5.33. The highest BCUT2D eigenvalue weighted by Gasteiger charge is 2.57. The Morgan fingerprint density at radius 3 is 2.37 bits per heavy atom. The minimum atomic E-state index is -1.18. The molecule has 0 aromatic heterocycles. The van der Waals surface area contributed by atoms with Gasteiger partial charge in [-0.25, -0.2) is 0 Å². The maximum Gasteiger partial charge on any atom is 0.174 e. The van der Waals surface area contributed by atoms with Gasteiger partial charge in [-0.3, -0.25) is 9.59 Å². The van der Waals surface area contributed by atoms with E-state index in [1.165, 1.54) is 32.4 Å². The number of phenols is 1. The van der Waals surface area contributed by atoms with E-state index in [2.05, 4.69) is 22.5 Å². The van der Waals surface area contributed by atoms with E-state index in [-0.39, 0.29) is 17.3 Å². The van der Waals surface area contributed by atoms with Crippen molar-refractivity contribution in [2.75, 3.05) is 14.2 Å². The molecule has 27 heavy (non-hydrogen) atoms. The maximum absolute atomic E-state index is 13.1. The number of halogens is 1. The number of allylic oxidation sites excluding steroid dienone is 5. The molecule has 0 saturated carbocycles. The van der Waals surface area contributed by atoms with Crippen LogP contribution in [0.15, 0.2) is 48.1 Å². The van der Waals surface area contributed by atoms with E-state index in [1.807, 2.05) is 6.08 Å². The number of ketones is 2. The zero-order valence-corrected chi connectivity index (χ0v) is 17.0. The molecule has 0 aliphatic heterocycles. The Morgan fingerprint density at radius 2 is 1.85 bits per heavy atom. The van der Waals surface area contributed by atoms with Crippen molar-refractivity contribution in [2.45, 2.75) is 23.6 Å². The Kier molecular flexibility index (Phi) is 5.04. The molecule has 0 spiro atoms. The lowest BCUT2D eigenvalue weighted by Crippen LogP contribution is -2.53. The highest BCUT2D eigenvalue weighted by molar-refractivity contribution is 9.10. The molecule has 3 atom stereocenters. The van der Waals surface area contributed by atoms with E-state index >= 15 is 0 Å². The molecule has 0 amide bonds. The fraction of sp³-hybridized carbons (Fsp3) is 0.333. The average Bonchev–Trinajstić information content (AvgIpc) is 2.65. The van der Waals surface area contributed by atoms with Crippen molar-refractivity contribution in [1.29, 1.82) is 0 Å². The summed E-state index contributed by atoms with van der Waals surface area (Å²) in [6.07, 6.45) is 5.43. The van der Waals surface area contributed by atoms with Gasteiger partial charge in [-0.05, 0) is 30.6 Å². The van der Waals surface area contributed by atoms with Crippen LogP contribution in [-0.4, -0.2) is 35.2 Å². The van der Waals surface area contributed by atoms with E-state index in [1.54, 1.807) is 13.0 Å². The number of carbonyl (C=O) groups is 2. The standard InChI is InChI=1S/C21H21BrO5/c1-5-12-6-7-14-20(25)11(2)8-17(24)21(14,22)19(12)18-15(26-3)9-13(23)10-16(18)27-4/h5-6,8-10,14,19,23H,1,7H2,2-4H3/t14-,19+,21+/m0/s1. The largest absolute Gasteiger partial charge is 0.508 e. The molecule has 3 rings (SSSR count). The summed E-state index contributed by atoms with van der Waals surface area (Å²) in [5.74, 6) is -0.640. The van der Waals surface area contributed by atoms with Gasteiger partial charge >= 0.3 is 0 Å². The van der Waals surface area contributed by atoms with Gasteiger partial charge in [0.15, 0.2) is 11.6 Å². The van der Waals surface area contributed by atoms with E-state index in [0.717, 1.165) is 5.57 Å². The predicted octanol–water partition coefficient (Wildman–Crippen LogP) is 3.86. The topological polar surface area (TPSA) is 72.8 Å². The van der Waals surface area contributed by atoms with Crippen LogP contribution in [0.25, 0.3) is 0 Å². The van der Waals surface area contributed by atoms with Crippen molar-refractivity contribution in [2.24, 2.45) is 5.92 Å². The molecule has 5 nitrogen and oxygen atoms in total. The minimum Gasteiger partial charge on any atom is -0.508 e. The van der Waals surface area contributed by atoms with Crippen LogP contribution in [0.4, 0.5) is 0 Å². The molecule has 1 aromatic rings. The number of alkyl halides is 1. The van der Waals surface area contributed by atoms with Crippen LogP contribution in [0.2, 0.25) is 0 Å². The van der Waals surface area contributed by atoms with Crippen LogP contribution >= 0.6 is 15.9 Å². The fourth-order valence-corrected chi connectivity index (χ4v) is 5.04. The van der Waals surface area contributed by atoms with Gasteiger partial charge in [0, 0.05) is 29.5 Å². The van der Waals surface area contributed by atoms with Gasteiger partial charge in [0.1, 0.15) is 21.6 Å². The van der Waals surface area contributed by atoms with E-state index in [0.29, 0.717) is 29.1 Å². The Labute approximate surface area is 166 Å². The molecule has 6 heteroatoms. The molecule has 142 valence electrons. The molecule has 0 fully saturated rings. The monoisotopic (exact) mass is 432 g/mol. The molecular formula is C21H21BrO5. The number of carbonyl (C=O) groups excluding carboxylic acids is 2. The molecular weight excluding hydrogens is 412 g/mol. The van der Waals surface area contributed by atoms with Gasteiger partial charge in [0.25, 0.3) is 0 Å². The van der Waals surface area contributed by atoms with Crippen LogP contribution in [-0.2, 0) is 9.59 Å². The Hall–Kier alpha value is -2.34. The maximum atomic E-state index is 13.1. The number of fused-ring (bicyclic) bond motifs is 1. The van der Waals surface area contributed by atoms with Crippen molar-refractivity contribution in [3.8, 4) is 17.2 Å². The quantitative estimate of drug-likeness (QED) is 0.731. The first kappa shape index (κ1) is 19.4. The van der Waals surface area contributed by atoms with Crippen LogP contribution < -0.4 is 9.47 Å². The van der Waals surface area contributed by atoms with Gasteiger partial charge < -0.3 is 14.6 Å². The second-order valence-electron chi connectivity index (χ2n) is 6.72. The third-order valence-corrected chi connectivity index (χ3v) is 6.73. The zero-order valence-electron chi connectivity index (χ0n) is 15.4. The molecule has 0 heterocycles. The number of hydrogen-bond donors (Lipinski definition) is 1. The first-order valence-electron chi connectivity index (χ1n) is 8.52. The number of phenolic OH excluding ortho intramolecular Hbond substituents is 1. The predicted molar refractivity (Wildman–Crippen MR) is 106 cm³/mol. The average molecular weight is 433 g/mol. The fourth-order valence-electron chi connectivity index (χ4n) is 4.04. The normalized spacial score (nSPS) is 27.4.